The molecule has 0 bridgehead atoms. The van der Waals surface area contributed by atoms with E-state index in [-0.39, 0.29) is 25.7 Å². The van der Waals surface area contributed by atoms with Crippen LogP contribution in [0, 0.1) is 0 Å². The van der Waals surface area contributed by atoms with Crippen LogP contribution in [0.2, 0.25) is 0 Å². The molecule has 0 saturated carbocycles. The van der Waals surface area contributed by atoms with Crippen molar-refractivity contribution in [2.45, 2.75) is 31.8 Å². The number of carboxylic acids is 1. The monoisotopic (exact) mass is 230 g/mol. The minimum absolute atomic E-state index is 0.107. The standard InChI is InChI=1S/C9H10O7/c10-6(11)2-1-3-7(12)15-5-4-8(13)16-9(5)14/h5H,1-4H2,(H,10,11). The third-order valence-corrected chi connectivity index (χ3v) is 1.87. The van der Waals surface area contributed by atoms with Crippen LogP contribution in [0.5, 0.6) is 0 Å². The van der Waals surface area contributed by atoms with E-state index in [0.29, 0.717) is 0 Å². The van der Waals surface area contributed by atoms with E-state index in [1.54, 1.807) is 0 Å². The first-order chi connectivity index (χ1) is 7.49. The van der Waals surface area contributed by atoms with E-state index in [0.717, 1.165) is 0 Å². The molecule has 1 fully saturated rings. The van der Waals surface area contributed by atoms with Crippen molar-refractivity contribution in [1.29, 1.82) is 0 Å². The van der Waals surface area contributed by atoms with Crippen molar-refractivity contribution in [2.24, 2.45) is 0 Å². The summed E-state index contributed by atoms with van der Waals surface area (Å²) in [5.41, 5.74) is 0. The van der Waals surface area contributed by atoms with E-state index in [1.165, 1.54) is 0 Å². The van der Waals surface area contributed by atoms with E-state index in [1.807, 2.05) is 0 Å². The van der Waals surface area contributed by atoms with Crippen molar-refractivity contribution in [3.8, 4) is 0 Å². The lowest BCUT2D eigenvalue weighted by Crippen LogP contribution is -2.22. The Kier molecular flexibility index (Phi) is 3.98. The normalized spacial score (nSPS) is 19.4. The Balaban J connectivity index is 2.26. The van der Waals surface area contributed by atoms with Crippen LogP contribution in [-0.2, 0) is 28.7 Å². The van der Waals surface area contributed by atoms with Crippen LogP contribution in [0.1, 0.15) is 25.7 Å². The first-order valence-electron chi connectivity index (χ1n) is 4.65. The lowest BCUT2D eigenvalue weighted by Gasteiger charge is -2.06. The summed E-state index contributed by atoms with van der Waals surface area (Å²) in [6.45, 7) is 0. The van der Waals surface area contributed by atoms with Gasteiger partial charge in [0.25, 0.3) is 0 Å². The minimum atomic E-state index is -1.18. The van der Waals surface area contributed by atoms with Gasteiger partial charge in [0.15, 0.2) is 0 Å². The van der Waals surface area contributed by atoms with E-state index < -0.39 is 30.0 Å². The van der Waals surface area contributed by atoms with Crippen LogP contribution >= 0.6 is 0 Å². The van der Waals surface area contributed by atoms with Crippen molar-refractivity contribution < 1.29 is 33.8 Å². The van der Waals surface area contributed by atoms with Gasteiger partial charge < -0.3 is 14.6 Å². The van der Waals surface area contributed by atoms with E-state index >= 15 is 0 Å². The molecule has 1 aliphatic heterocycles. The number of carbonyl (C=O) groups is 4. The van der Waals surface area contributed by atoms with Gasteiger partial charge in [0.1, 0.15) is 0 Å². The fourth-order valence-electron chi connectivity index (χ4n) is 1.15. The van der Waals surface area contributed by atoms with Crippen LogP contribution in [0.15, 0.2) is 0 Å². The Morgan fingerprint density at radius 3 is 2.56 bits per heavy atom. The summed E-state index contributed by atoms with van der Waals surface area (Å²) in [6.07, 6.45) is -1.58. The summed E-state index contributed by atoms with van der Waals surface area (Å²) >= 11 is 0. The molecule has 0 aromatic heterocycles. The maximum atomic E-state index is 11.1. The lowest BCUT2D eigenvalue weighted by atomic mass is 10.2. The highest BCUT2D eigenvalue weighted by Crippen LogP contribution is 2.13. The SMILES string of the molecule is O=C(O)CCCC(=O)OC1CC(=O)OC1=O. The summed E-state index contributed by atoms with van der Waals surface area (Å²) in [6, 6.07) is 0. The molecule has 1 N–H and O–H groups in total. The first kappa shape index (κ1) is 12.2. The second-order valence-corrected chi connectivity index (χ2v) is 3.22. The summed E-state index contributed by atoms with van der Waals surface area (Å²) in [4.78, 5) is 42.8. The summed E-state index contributed by atoms with van der Waals surface area (Å²) in [7, 11) is 0. The van der Waals surface area contributed by atoms with E-state index in [4.69, 9.17) is 5.11 Å². The van der Waals surface area contributed by atoms with Crippen LogP contribution < -0.4 is 0 Å². The molecule has 1 rings (SSSR count). The average molecular weight is 230 g/mol. The highest BCUT2D eigenvalue weighted by Gasteiger charge is 2.36. The van der Waals surface area contributed by atoms with Gasteiger partial charge in [-0.15, -0.1) is 0 Å². The van der Waals surface area contributed by atoms with Crippen molar-refractivity contribution in [2.75, 3.05) is 0 Å². The molecule has 0 aromatic carbocycles. The third-order valence-electron chi connectivity index (χ3n) is 1.87. The van der Waals surface area contributed by atoms with Gasteiger partial charge in [0.05, 0.1) is 6.42 Å². The Morgan fingerprint density at radius 2 is 2.06 bits per heavy atom. The zero-order valence-electron chi connectivity index (χ0n) is 8.30. The molecular formula is C9H10O7. The minimum Gasteiger partial charge on any atom is -0.481 e. The highest BCUT2D eigenvalue weighted by molar-refractivity contribution is 5.97. The summed E-state index contributed by atoms with van der Waals surface area (Å²) in [5, 5.41) is 8.32. The molecule has 16 heavy (non-hydrogen) atoms. The molecule has 0 radical (unpaired) electrons. The highest BCUT2D eigenvalue weighted by atomic mass is 16.6. The smallest absolute Gasteiger partial charge is 0.355 e. The van der Waals surface area contributed by atoms with Gasteiger partial charge >= 0.3 is 23.9 Å². The van der Waals surface area contributed by atoms with Gasteiger partial charge in [-0.05, 0) is 6.42 Å². The second kappa shape index (κ2) is 5.24. The lowest BCUT2D eigenvalue weighted by molar-refractivity contribution is -0.162. The van der Waals surface area contributed by atoms with Gasteiger partial charge in [-0.2, -0.15) is 0 Å². The van der Waals surface area contributed by atoms with Gasteiger partial charge in [-0.25, -0.2) is 4.79 Å². The molecular weight excluding hydrogens is 220 g/mol. The molecule has 0 aromatic rings. The van der Waals surface area contributed by atoms with Gasteiger partial charge in [0.2, 0.25) is 6.10 Å². The summed E-state index contributed by atoms with van der Waals surface area (Å²) < 4.78 is 8.82. The molecule has 7 nitrogen and oxygen atoms in total. The molecule has 7 heteroatoms. The van der Waals surface area contributed by atoms with E-state index in [2.05, 4.69) is 9.47 Å². The quantitative estimate of drug-likeness (QED) is 0.507. The van der Waals surface area contributed by atoms with Gasteiger partial charge in [-0.3, -0.25) is 14.4 Å². The van der Waals surface area contributed by atoms with E-state index in [9.17, 15) is 19.2 Å². The van der Waals surface area contributed by atoms with Gasteiger partial charge in [0, 0.05) is 12.8 Å². The molecule has 0 spiro atoms. The number of hydrogen-bond donors (Lipinski definition) is 1. The number of carboxylic acid groups (broad SMARTS) is 1. The molecule has 1 heterocycles. The van der Waals surface area contributed by atoms with Crippen molar-refractivity contribution in [3.05, 3.63) is 0 Å². The number of ether oxygens (including phenoxy) is 2. The molecule has 1 unspecified atom stereocenters. The second-order valence-electron chi connectivity index (χ2n) is 3.22. The molecule has 1 aliphatic rings. The third kappa shape index (κ3) is 3.68. The van der Waals surface area contributed by atoms with Gasteiger partial charge in [-0.1, -0.05) is 0 Å². The largest absolute Gasteiger partial charge is 0.481 e. The fourth-order valence-corrected chi connectivity index (χ4v) is 1.15. The number of carbonyl (C=O) groups excluding carboxylic acids is 3. The Morgan fingerprint density at radius 1 is 1.38 bits per heavy atom. The Bertz CT molecular complexity index is 333. The number of cyclic esters (lactones) is 2. The molecule has 1 atom stereocenters. The number of aliphatic carboxylic acids is 1. The molecule has 0 aliphatic carbocycles. The molecule has 88 valence electrons. The van der Waals surface area contributed by atoms with Crippen molar-refractivity contribution in [3.63, 3.8) is 0 Å². The zero-order chi connectivity index (χ0) is 12.1. The summed E-state index contributed by atoms with van der Waals surface area (Å²) in [5.74, 6) is -3.33. The maximum Gasteiger partial charge on any atom is 0.355 e. The topological polar surface area (TPSA) is 107 Å². The molecule has 1 saturated heterocycles. The van der Waals surface area contributed by atoms with Crippen molar-refractivity contribution >= 4 is 23.9 Å². The maximum absolute atomic E-state index is 11.1. The first-order valence-corrected chi connectivity index (χ1v) is 4.65. The van der Waals surface area contributed by atoms with Crippen LogP contribution in [0.4, 0.5) is 0 Å². The predicted octanol–water partition coefficient (Wildman–Crippen LogP) is -0.373. The zero-order valence-corrected chi connectivity index (χ0v) is 8.30. The average Bonchev–Trinajstić information content (AvgIpc) is 2.44. The van der Waals surface area contributed by atoms with Crippen LogP contribution in [0.25, 0.3) is 0 Å². The number of rotatable bonds is 5. The Hall–Kier alpha value is -1.92. The van der Waals surface area contributed by atoms with Crippen LogP contribution in [0.3, 0.4) is 0 Å². The van der Waals surface area contributed by atoms with Crippen molar-refractivity contribution in [1.82, 2.24) is 0 Å². The number of hydrogen-bond acceptors (Lipinski definition) is 6. The fraction of sp³-hybridized carbons (Fsp3) is 0.556. The van der Waals surface area contributed by atoms with Crippen LogP contribution in [-0.4, -0.2) is 35.1 Å². The number of esters is 3. The Labute approximate surface area is 90.3 Å². The molecule has 0 amide bonds. The predicted molar refractivity (Wildman–Crippen MR) is 47.1 cm³/mol.